The van der Waals surface area contributed by atoms with Crippen LogP contribution in [0.4, 0.5) is 0 Å². The average Bonchev–Trinajstić information content (AvgIpc) is 1.99. The van der Waals surface area contributed by atoms with E-state index >= 15 is 0 Å². The van der Waals surface area contributed by atoms with Crippen molar-refractivity contribution in [1.82, 2.24) is 0 Å². The van der Waals surface area contributed by atoms with Crippen LogP contribution in [0, 0.1) is 0 Å². The highest BCUT2D eigenvalue weighted by molar-refractivity contribution is 8.00. The van der Waals surface area contributed by atoms with Crippen LogP contribution in [0.3, 0.4) is 0 Å². The lowest BCUT2D eigenvalue weighted by Crippen LogP contribution is -2.27. The van der Waals surface area contributed by atoms with Crippen molar-refractivity contribution in [3.63, 3.8) is 0 Å². The van der Waals surface area contributed by atoms with Crippen LogP contribution in [0.1, 0.15) is 27.7 Å². The Bertz CT molecular complexity index is 163. The van der Waals surface area contributed by atoms with Crippen molar-refractivity contribution in [3.05, 3.63) is 0 Å². The lowest BCUT2D eigenvalue weighted by atomic mass is 10.3. The van der Waals surface area contributed by atoms with Crippen LogP contribution in [0.2, 0.25) is 0 Å². The predicted octanol–water partition coefficient (Wildman–Crippen LogP) is 1.44. The monoisotopic (exact) mass is 206 g/mol. The maximum absolute atomic E-state index is 11.0. The van der Waals surface area contributed by atoms with Crippen molar-refractivity contribution in [2.24, 2.45) is 0 Å². The molecule has 0 radical (unpaired) electrons. The molecule has 0 aromatic rings. The molecule has 0 saturated carbocycles. The molecule has 0 aliphatic rings. The summed E-state index contributed by atoms with van der Waals surface area (Å²) in [5, 5.41) is 9.32. The van der Waals surface area contributed by atoms with E-state index in [4.69, 9.17) is 0 Å². The number of rotatable bonds is 4. The summed E-state index contributed by atoms with van der Waals surface area (Å²) >= 11 is 1.55. The van der Waals surface area contributed by atoms with Gasteiger partial charge in [0.15, 0.2) is 6.10 Å². The van der Waals surface area contributed by atoms with Crippen LogP contribution < -0.4 is 0 Å². The molecule has 4 heteroatoms. The smallest absolute Gasteiger partial charge is 0.335 e. The lowest BCUT2D eigenvalue weighted by Gasteiger charge is -2.19. The number of carbonyl (C=O) groups is 1. The number of carbonyl (C=O) groups excluding carboxylic acids is 1. The minimum absolute atomic E-state index is 0.0630. The number of aliphatic hydroxyl groups is 1. The van der Waals surface area contributed by atoms with E-state index < -0.39 is 12.1 Å². The molecule has 0 aliphatic carbocycles. The quantitative estimate of drug-likeness (QED) is 0.707. The molecule has 3 nitrogen and oxygen atoms in total. The van der Waals surface area contributed by atoms with Crippen molar-refractivity contribution in [1.29, 1.82) is 0 Å². The van der Waals surface area contributed by atoms with Gasteiger partial charge in [-0.15, -0.1) is 0 Å². The number of thioether (sulfide) groups is 1. The highest BCUT2D eigenvalue weighted by atomic mass is 32.2. The number of esters is 1. The number of hydrogen-bond donors (Lipinski definition) is 1. The molecule has 13 heavy (non-hydrogen) atoms. The molecule has 0 heterocycles. The van der Waals surface area contributed by atoms with Crippen LogP contribution in [-0.4, -0.2) is 34.3 Å². The zero-order chi connectivity index (χ0) is 10.5. The molecular formula is C9H18O3S. The fourth-order valence-electron chi connectivity index (χ4n) is 0.635. The largest absolute Gasteiger partial charge is 0.464 e. The van der Waals surface area contributed by atoms with E-state index in [9.17, 15) is 9.90 Å². The van der Waals surface area contributed by atoms with Gasteiger partial charge in [0.05, 0.1) is 6.61 Å². The molecule has 0 aromatic carbocycles. The second kappa shape index (κ2) is 5.50. The standard InChI is InChI=1S/C9H18O3S/c1-5-12-8(11)7(10)6-13-9(2,3)4/h7,10H,5-6H2,1-4H3. The van der Waals surface area contributed by atoms with Crippen LogP contribution in [-0.2, 0) is 9.53 Å². The van der Waals surface area contributed by atoms with Crippen LogP contribution >= 0.6 is 11.8 Å². The molecule has 0 spiro atoms. The fourth-order valence-corrected chi connectivity index (χ4v) is 1.43. The Balaban J connectivity index is 3.74. The van der Waals surface area contributed by atoms with Gasteiger partial charge in [0.1, 0.15) is 0 Å². The van der Waals surface area contributed by atoms with E-state index in [1.807, 2.05) is 20.8 Å². The topological polar surface area (TPSA) is 46.5 Å². The van der Waals surface area contributed by atoms with Gasteiger partial charge < -0.3 is 9.84 Å². The van der Waals surface area contributed by atoms with Gasteiger partial charge in [0, 0.05) is 10.5 Å². The first kappa shape index (κ1) is 12.8. The minimum atomic E-state index is -0.996. The third-order valence-corrected chi connectivity index (χ3v) is 2.58. The number of aliphatic hydroxyl groups excluding tert-OH is 1. The fraction of sp³-hybridized carbons (Fsp3) is 0.889. The maximum Gasteiger partial charge on any atom is 0.335 e. The molecule has 0 amide bonds. The Hall–Kier alpha value is -0.220. The van der Waals surface area contributed by atoms with E-state index in [1.165, 1.54) is 0 Å². The molecule has 1 unspecified atom stereocenters. The van der Waals surface area contributed by atoms with E-state index in [2.05, 4.69) is 4.74 Å². The maximum atomic E-state index is 11.0. The molecule has 0 rings (SSSR count). The molecule has 0 aliphatic heterocycles. The second-order valence-electron chi connectivity index (χ2n) is 3.69. The van der Waals surface area contributed by atoms with E-state index in [1.54, 1.807) is 18.7 Å². The van der Waals surface area contributed by atoms with Gasteiger partial charge in [-0.25, -0.2) is 4.79 Å². The Labute approximate surface area is 83.9 Å². The summed E-state index contributed by atoms with van der Waals surface area (Å²) in [6.07, 6.45) is -0.996. The highest BCUT2D eigenvalue weighted by Crippen LogP contribution is 2.23. The van der Waals surface area contributed by atoms with Gasteiger partial charge in [-0.2, -0.15) is 11.8 Å². The van der Waals surface area contributed by atoms with Gasteiger partial charge in [-0.05, 0) is 6.92 Å². The third kappa shape index (κ3) is 6.90. The van der Waals surface area contributed by atoms with E-state index in [0.717, 1.165) is 0 Å². The summed E-state index contributed by atoms with van der Waals surface area (Å²) in [6.45, 7) is 8.15. The van der Waals surface area contributed by atoms with Gasteiger partial charge in [-0.1, -0.05) is 20.8 Å². The molecular weight excluding hydrogens is 188 g/mol. The van der Waals surface area contributed by atoms with Gasteiger partial charge in [0.25, 0.3) is 0 Å². The van der Waals surface area contributed by atoms with E-state index in [0.29, 0.717) is 12.4 Å². The summed E-state index contributed by atoms with van der Waals surface area (Å²) in [7, 11) is 0. The molecule has 0 fully saturated rings. The number of ether oxygens (including phenoxy) is 1. The third-order valence-electron chi connectivity index (χ3n) is 1.23. The van der Waals surface area contributed by atoms with Crippen LogP contribution in [0.15, 0.2) is 0 Å². The first-order valence-corrected chi connectivity index (χ1v) is 5.34. The van der Waals surface area contributed by atoms with Gasteiger partial charge in [-0.3, -0.25) is 0 Å². The SMILES string of the molecule is CCOC(=O)C(O)CSC(C)(C)C. The first-order valence-electron chi connectivity index (χ1n) is 4.35. The first-order chi connectivity index (χ1) is 5.87. The molecule has 0 saturated heterocycles. The summed E-state index contributed by atoms with van der Waals surface area (Å²) in [4.78, 5) is 11.0. The molecule has 0 aromatic heterocycles. The Morgan fingerprint density at radius 1 is 1.54 bits per heavy atom. The highest BCUT2D eigenvalue weighted by Gasteiger charge is 2.20. The summed E-state index contributed by atoms with van der Waals surface area (Å²) in [5.41, 5.74) is 0. The van der Waals surface area contributed by atoms with Crippen LogP contribution in [0.5, 0.6) is 0 Å². The molecule has 1 N–H and O–H groups in total. The summed E-state index contributed by atoms with van der Waals surface area (Å²) in [5.74, 6) is -0.137. The predicted molar refractivity (Wildman–Crippen MR) is 54.9 cm³/mol. The van der Waals surface area contributed by atoms with Crippen molar-refractivity contribution in [2.45, 2.75) is 38.5 Å². The van der Waals surface area contributed by atoms with Crippen molar-refractivity contribution < 1.29 is 14.6 Å². The summed E-state index contributed by atoms with van der Waals surface area (Å²) in [6, 6.07) is 0. The Morgan fingerprint density at radius 3 is 2.46 bits per heavy atom. The van der Waals surface area contributed by atoms with Crippen molar-refractivity contribution in [3.8, 4) is 0 Å². The van der Waals surface area contributed by atoms with E-state index in [-0.39, 0.29) is 4.75 Å². The second-order valence-corrected chi connectivity index (χ2v) is 5.54. The Kier molecular flexibility index (Phi) is 5.40. The normalized spacial score (nSPS) is 13.9. The molecule has 78 valence electrons. The van der Waals surface area contributed by atoms with Gasteiger partial charge in [0.2, 0.25) is 0 Å². The Morgan fingerprint density at radius 2 is 2.08 bits per heavy atom. The zero-order valence-corrected chi connectivity index (χ0v) is 9.48. The zero-order valence-electron chi connectivity index (χ0n) is 8.66. The number of hydrogen-bond acceptors (Lipinski definition) is 4. The minimum Gasteiger partial charge on any atom is -0.464 e. The lowest BCUT2D eigenvalue weighted by molar-refractivity contribution is -0.151. The average molecular weight is 206 g/mol. The van der Waals surface area contributed by atoms with Gasteiger partial charge >= 0.3 is 5.97 Å². The van der Waals surface area contributed by atoms with Crippen molar-refractivity contribution >= 4 is 17.7 Å². The van der Waals surface area contributed by atoms with Crippen LogP contribution in [0.25, 0.3) is 0 Å². The summed E-state index contributed by atoms with van der Waals surface area (Å²) < 4.78 is 4.73. The van der Waals surface area contributed by atoms with Crippen molar-refractivity contribution in [2.75, 3.05) is 12.4 Å². The molecule has 1 atom stereocenters. The molecule has 0 bridgehead atoms.